The van der Waals surface area contributed by atoms with Crippen molar-refractivity contribution in [3.8, 4) is 16.8 Å². The number of nitrogens with zero attached hydrogens (tertiary/aromatic N) is 8. The fourth-order valence-corrected chi connectivity index (χ4v) is 4.34. The van der Waals surface area contributed by atoms with E-state index in [0.717, 1.165) is 78.6 Å². The SMILES string of the molecule is Cc1ncn(-c2ccc(Nc3ncc4cccc(-c5cnn(CCN6CCOCC6)c5)c4n3)cc2)n1. The fraction of sp³-hybridized carbons (Fsp3) is 0.269. The number of fused-ring (bicyclic) bond motifs is 1. The number of para-hydroxylation sites is 1. The van der Waals surface area contributed by atoms with Crippen LogP contribution in [0.5, 0.6) is 0 Å². The van der Waals surface area contributed by atoms with E-state index in [4.69, 9.17) is 9.72 Å². The summed E-state index contributed by atoms with van der Waals surface area (Å²) in [7, 11) is 0. The highest BCUT2D eigenvalue weighted by molar-refractivity contribution is 5.93. The lowest BCUT2D eigenvalue weighted by atomic mass is 10.1. The Morgan fingerprint density at radius 3 is 2.64 bits per heavy atom. The second-order valence-electron chi connectivity index (χ2n) is 8.79. The van der Waals surface area contributed by atoms with Gasteiger partial charge >= 0.3 is 0 Å². The second kappa shape index (κ2) is 9.84. The Morgan fingerprint density at radius 2 is 1.83 bits per heavy atom. The van der Waals surface area contributed by atoms with Gasteiger partial charge in [-0.05, 0) is 31.2 Å². The smallest absolute Gasteiger partial charge is 0.227 e. The highest BCUT2D eigenvalue weighted by Gasteiger charge is 2.12. The molecule has 36 heavy (non-hydrogen) atoms. The van der Waals surface area contributed by atoms with Gasteiger partial charge in [-0.1, -0.05) is 18.2 Å². The van der Waals surface area contributed by atoms with Gasteiger partial charge in [-0.3, -0.25) is 9.58 Å². The Morgan fingerprint density at radius 1 is 0.972 bits per heavy atom. The number of nitrogens with one attached hydrogen (secondary N) is 1. The number of rotatable bonds is 7. The summed E-state index contributed by atoms with van der Waals surface area (Å²) in [6, 6.07) is 14.1. The quantitative estimate of drug-likeness (QED) is 0.377. The molecule has 2 aromatic carbocycles. The number of anilines is 2. The molecule has 0 saturated carbocycles. The van der Waals surface area contributed by atoms with E-state index in [2.05, 4.69) is 42.6 Å². The fourth-order valence-electron chi connectivity index (χ4n) is 4.34. The zero-order chi connectivity index (χ0) is 24.3. The first-order valence-corrected chi connectivity index (χ1v) is 12.1. The third kappa shape index (κ3) is 4.81. The number of hydrogen-bond donors (Lipinski definition) is 1. The topological polar surface area (TPSA) is 98.8 Å². The Balaban J connectivity index is 1.20. The largest absolute Gasteiger partial charge is 0.379 e. The van der Waals surface area contributed by atoms with Gasteiger partial charge in [-0.25, -0.2) is 19.6 Å². The molecule has 10 nitrogen and oxygen atoms in total. The molecule has 0 atom stereocenters. The van der Waals surface area contributed by atoms with Crippen molar-refractivity contribution in [2.24, 2.45) is 0 Å². The van der Waals surface area contributed by atoms with Crippen LogP contribution < -0.4 is 5.32 Å². The average Bonchev–Trinajstić information content (AvgIpc) is 3.57. The molecular weight excluding hydrogens is 454 g/mol. The van der Waals surface area contributed by atoms with Gasteiger partial charge in [-0.2, -0.15) is 10.2 Å². The molecule has 10 heteroatoms. The maximum atomic E-state index is 5.44. The van der Waals surface area contributed by atoms with Crippen LogP contribution in [0.4, 0.5) is 11.6 Å². The molecule has 1 N–H and O–H groups in total. The van der Waals surface area contributed by atoms with Crippen LogP contribution in [-0.2, 0) is 11.3 Å². The van der Waals surface area contributed by atoms with Gasteiger partial charge in [0, 0.05) is 54.2 Å². The zero-order valence-corrected chi connectivity index (χ0v) is 20.1. The van der Waals surface area contributed by atoms with Crippen molar-refractivity contribution >= 4 is 22.5 Å². The molecule has 1 aliphatic rings. The molecule has 0 radical (unpaired) electrons. The number of morpholine rings is 1. The third-order valence-electron chi connectivity index (χ3n) is 6.30. The molecule has 3 aromatic heterocycles. The van der Waals surface area contributed by atoms with E-state index in [-0.39, 0.29) is 0 Å². The number of aromatic nitrogens is 7. The molecule has 6 rings (SSSR count). The first-order valence-electron chi connectivity index (χ1n) is 12.1. The van der Waals surface area contributed by atoms with E-state index in [1.54, 1.807) is 11.0 Å². The first-order chi connectivity index (χ1) is 17.7. The zero-order valence-electron chi connectivity index (χ0n) is 20.1. The Labute approximate surface area is 208 Å². The van der Waals surface area contributed by atoms with Crippen LogP contribution >= 0.6 is 0 Å². The van der Waals surface area contributed by atoms with Gasteiger partial charge in [0.2, 0.25) is 5.95 Å². The highest BCUT2D eigenvalue weighted by Crippen LogP contribution is 2.28. The van der Waals surface area contributed by atoms with Crippen LogP contribution in [0.1, 0.15) is 5.82 Å². The maximum Gasteiger partial charge on any atom is 0.227 e. The molecular formula is C26H27N9O. The minimum absolute atomic E-state index is 0.541. The first kappa shape index (κ1) is 22.3. The molecule has 1 fully saturated rings. The van der Waals surface area contributed by atoms with Crippen LogP contribution in [0.15, 0.2) is 67.4 Å². The predicted molar refractivity (Wildman–Crippen MR) is 137 cm³/mol. The van der Waals surface area contributed by atoms with Crippen molar-refractivity contribution in [3.63, 3.8) is 0 Å². The molecule has 0 spiro atoms. The van der Waals surface area contributed by atoms with E-state index in [1.165, 1.54) is 0 Å². The molecule has 0 bridgehead atoms. The van der Waals surface area contributed by atoms with Crippen molar-refractivity contribution in [1.82, 2.24) is 39.4 Å². The average molecular weight is 482 g/mol. The van der Waals surface area contributed by atoms with E-state index >= 15 is 0 Å². The summed E-state index contributed by atoms with van der Waals surface area (Å²) in [5, 5.41) is 13.2. The molecule has 0 aliphatic carbocycles. The number of aryl methyl sites for hydroxylation is 1. The van der Waals surface area contributed by atoms with Gasteiger partial charge in [0.1, 0.15) is 12.2 Å². The van der Waals surface area contributed by atoms with E-state index < -0.39 is 0 Å². The van der Waals surface area contributed by atoms with Crippen molar-refractivity contribution in [3.05, 3.63) is 73.2 Å². The second-order valence-corrected chi connectivity index (χ2v) is 8.79. The summed E-state index contributed by atoms with van der Waals surface area (Å²) >= 11 is 0. The molecule has 182 valence electrons. The lowest BCUT2D eigenvalue weighted by Gasteiger charge is -2.26. The van der Waals surface area contributed by atoms with E-state index in [0.29, 0.717) is 5.95 Å². The van der Waals surface area contributed by atoms with Gasteiger partial charge in [0.25, 0.3) is 0 Å². The summed E-state index contributed by atoms with van der Waals surface area (Å²) in [6.45, 7) is 7.25. The molecule has 5 aromatic rings. The number of benzene rings is 2. The van der Waals surface area contributed by atoms with E-state index in [9.17, 15) is 0 Å². The highest BCUT2D eigenvalue weighted by atomic mass is 16.5. The van der Waals surface area contributed by atoms with Crippen LogP contribution in [0, 0.1) is 6.92 Å². The number of ether oxygens (including phenoxy) is 1. The molecule has 4 heterocycles. The lowest BCUT2D eigenvalue weighted by molar-refractivity contribution is 0.0360. The minimum atomic E-state index is 0.541. The maximum absolute atomic E-state index is 5.44. The molecule has 0 unspecified atom stereocenters. The van der Waals surface area contributed by atoms with Gasteiger partial charge < -0.3 is 10.1 Å². The standard InChI is InChI=1S/C26H27N9O/c1-19-28-18-35(32-19)23-7-5-22(6-8-23)30-26-27-15-20-3-2-4-24(25(20)31-26)21-16-29-34(17-21)10-9-33-11-13-36-14-12-33/h2-8,15-18H,9-14H2,1H3,(H,27,30,31). The Hall–Kier alpha value is -4.15. The van der Waals surface area contributed by atoms with Crippen LogP contribution in [0.25, 0.3) is 27.7 Å². The summed E-state index contributed by atoms with van der Waals surface area (Å²) in [5.74, 6) is 1.28. The Bertz CT molecular complexity index is 1470. The minimum Gasteiger partial charge on any atom is -0.379 e. The van der Waals surface area contributed by atoms with Gasteiger partial charge in [0.15, 0.2) is 0 Å². The Kier molecular flexibility index (Phi) is 6.10. The van der Waals surface area contributed by atoms with Crippen molar-refractivity contribution < 1.29 is 4.74 Å². The summed E-state index contributed by atoms with van der Waals surface area (Å²) in [6.07, 6.45) is 7.56. The molecule has 0 amide bonds. The lowest BCUT2D eigenvalue weighted by Crippen LogP contribution is -2.38. The van der Waals surface area contributed by atoms with Crippen LogP contribution in [-0.4, -0.2) is 72.3 Å². The molecule has 1 saturated heterocycles. The van der Waals surface area contributed by atoms with Crippen LogP contribution in [0.2, 0.25) is 0 Å². The van der Waals surface area contributed by atoms with E-state index in [1.807, 2.05) is 60.4 Å². The van der Waals surface area contributed by atoms with Gasteiger partial charge in [0.05, 0.1) is 37.2 Å². The summed E-state index contributed by atoms with van der Waals surface area (Å²) in [5.41, 5.74) is 4.79. The summed E-state index contributed by atoms with van der Waals surface area (Å²) in [4.78, 5) is 16.0. The van der Waals surface area contributed by atoms with Crippen molar-refractivity contribution in [2.45, 2.75) is 13.5 Å². The normalized spacial score (nSPS) is 14.4. The van der Waals surface area contributed by atoms with Gasteiger partial charge in [-0.15, -0.1) is 0 Å². The van der Waals surface area contributed by atoms with Crippen LogP contribution in [0.3, 0.4) is 0 Å². The van der Waals surface area contributed by atoms with Crippen molar-refractivity contribution in [2.75, 3.05) is 38.2 Å². The molecule has 1 aliphatic heterocycles. The number of hydrogen-bond acceptors (Lipinski definition) is 8. The monoisotopic (exact) mass is 481 g/mol. The van der Waals surface area contributed by atoms with Crippen molar-refractivity contribution in [1.29, 1.82) is 0 Å². The summed E-state index contributed by atoms with van der Waals surface area (Å²) < 4.78 is 9.19. The third-order valence-corrected chi connectivity index (χ3v) is 6.30. The predicted octanol–water partition coefficient (Wildman–Crippen LogP) is 3.46.